The Hall–Kier alpha value is -3.36. The molecule has 208 valence electrons. The lowest BCUT2D eigenvalue weighted by Gasteiger charge is -2.33. The summed E-state index contributed by atoms with van der Waals surface area (Å²) < 4.78 is 26.9. The lowest BCUT2D eigenvalue weighted by atomic mass is 10.0. The number of rotatable bonds is 12. The summed E-state index contributed by atoms with van der Waals surface area (Å²) in [5.41, 5.74) is 3.93. The second kappa shape index (κ2) is 13.6. The zero-order chi connectivity index (χ0) is 28.6. The zero-order valence-corrected chi connectivity index (χ0v) is 24.4. The number of hydrogen-bond donors (Lipinski definition) is 1. The van der Waals surface area contributed by atoms with Gasteiger partial charge in [-0.2, -0.15) is 0 Å². The van der Waals surface area contributed by atoms with Crippen LogP contribution in [0.1, 0.15) is 35.6 Å². The topological polar surface area (TPSA) is 86.8 Å². The van der Waals surface area contributed by atoms with E-state index in [9.17, 15) is 18.0 Å². The first-order valence-electron chi connectivity index (χ1n) is 12.9. The summed E-state index contributed by atoms with van der Waals surface area (Å²) in [6.45, 7) is 5.87. The van der Waals surface area contributed by atoms with Gasteiger partial charge in [-0.05, 0) is 66.8 Å². The van der Waals surface area contributed by atoms with E-state index in [-0.39, 0.29) is 18.9 Å². The summed E-state index contributed by atoms with van der Waals surface area (Å²) in [6.07, 6.45) is 2.08. The molecule has 0 spiro atoms. The van der Waals surface area contributed by atoms with Crippen LogP contribution in [0.3, 0.4) is 0 Å². The van der Waals surface area contributed by atoms with Crippen molar-refractivity contribution in [3.8, 4) is 0 Å². The molecule has 3 rings (SSSR count). The Kier molecular flexibility index (Phi) is 10.5. The first-order valence-corrected chi connectivity index (χ1v) is 15.1. The number of benzene rings is 3. The van der Waals surface area contributed by atoms with Crippen molar-refractivity contribution in [1.82, 2.24) is 10.2 Å². The van der Waals surface area contributed by atoms with Gasteiger partial charge in [-0.1, -0.05) is 67.1 Å². The van der Waals surface area contributed by atoms with E-state index in [1.807, 2.05) is 63.2 Å². The largest absolute Gasteiger partial charge is 0.354 e. The molecule has 7 nitrogen and oxygen atoms in total. The Morgan fingerprint density at radius 2 is 1.62 bits per heavy atom. The molecule has 9 heteroatoms. The van der Waals surface area contributed by atoms with Gasteiger partial charge in [-0.25, -0.2) is 8.42 Å². The van der Waals surface area contributed by atoms with Crippen LogP contribution in [-0.4, -0.2) is 50.5 Å². The average molecular weight is 570 g/mol. The van der Waals surface area contributed by atoms with E-state index < -0.39 is 28.5 Å². The maximum atomic E-state index is 14.0. The molecule has 0 saturated carbocycles. The predicted octanol–water partition coefficient (Wildman–Crippen LogP) is 4.89. The maximum absolute atomic E-state index is 14.0. The Bertz CT molecular complexity index is 1400. The van der Waals surface area contributed by atoms with Crippen molar-refractivity contribution in [2.24, 2.45) is 0 Å². The van der Waals surface area contributed by atoms with Gasteiger partial charge in [-0.15, -0.1) is 0 Å². The molecule has 0 unspecified atom stereocenters. The highest BCUT2D eigenvalue weighted by molar-refractivity contribution is 7.92. The van der Waals surface area contributed by atoms with Crippen LogP contribution in [-0.2, 0) is 32.6 Å². The van der Waals surface area contributed by atoms with Crippen molar-refractivity contribution >= 4 is 39.1 Å². The lowest BCUT2D eigenvalue weighted by Crippen LogP contribution is -2.53. The van der Waals surface area contributed by atoms with E-state index >= 15 is 0 Å². The summed E-state index contributed by atoms with van der Waals surface area (Å²) in [6, 6.07) is 20.9. The number of nitrogens with zero attached hydrogens (tertiary/aromatic N) is 2. The number of halogens is 1. The molecular weight excluding hydrogens is 534 g/mol. The fraction of sp³-hybridized carbons (Fsp3) is 0.333. The van der Waals surface area contributed by atoms with Crippen LogP contribution < -0.4 is 9.62 Å². The van der Waals surface area contributed by atoms with Gasteiger partial charge < -0.3 is 10.2 Å². The second-order valence-electron chi connectivity index (χ2n) is 9.69. The molecule has 39 heavy (non-hydrogen) atoms. The van der Waals surface area contributed by atoms with E-state index in [1.54, 1.807) is 30.3 Å². The molecule has 0 aromatic heterocycles. The molecule has 3 aromatic rings. The van der Waals surface area contributed by atoms with Crippen molar-refractivity contribution in [2.75, 3.05) is 23.7 Å². The fourth-order valence-corrected chi connectivity index (χ4v) is 5.30. The van der Waals surface area contributed by atoms with Gasteiger partial charge >= 0.3 is 0 Å². The van der Waals surface area contributed by atoms with Gasteiger partial charge in [0.15, 0.2) is 0 Å². The standard InChI is InChI=1S/C30H36ClN3O4S/c1-5-16-32-30(36)28(19-24-10-7-6-8-11-24)33(20-25-12-9-13-26(31)18-25)29(35)21-34(39(4,37)38)27-15-14-22(2)23(3)17-27/h6-15,17-18,28H,5,16,19-21H2,1-4H3,(H,32,36)/t28-/m1/s1. The minimum atomic E-state index is -3.81. The highest BCUT2D eigenvalue weighted by Gasteiger charge is 2.33. The Balaban J connectivity index is 2.05. The number of hydrogen-bond acceptors (Lipinski definition) is 4. The second-order valence-corrected chi connectivity index (χ2v) is 12.0. The number of nitrogens with one attached hydrogen (secondary N) is 1. The third kappa shape index (κ3) is 8.57. The number of amides is 2. The molecule has 0 fully saturated rings. The lowest BCUT2D eigenvalue weighted by molar-refractivity contribution is -0.140. The minimum Gasteiger partial charge on any atom is -0.354 e. The van der Waals surface area contributed by atoms with Crippen molar-refractivity contribution < 1.29 is 18.0 Å². The number of carbonyl (C=O) groups excluding carboxylic acids is 2. The molecule has 0 aliphatic carbocycles. The Morgan fingerprint density at radius 1 is 0.923 bits per heavy atom. The minimum absolute atomic E-state index is 0.0843. The van der Waals surface area contributed by atoms with Crippen LogP contribution in [0.5, 0.6) is 0 Å². The molecule has 0 radical (unpaired) electrons. The number of carbonyl (C=O) groups is 2. The van der Waals surface area contributed by atoms with Gasteiger partial charge in [0.2, 0.25) is 21.8 Å². The molecule has 1 atom stereocenters. The molecule has 0 saturated heterocycles. The van der Waals surface area contributed by atoms with E-state index in [0.717, 1.165) is 39.2 Å². The zero-order valence-electron chi connectivity index (χ0n) is 22.9. The van der Waals surface area contributed by atoms with Gasteiger partial charge in [0, 0.05) is 24.5 Å². The van der Waals surface area contributed by atoms with Crippen molar-refractivity contribution in [3.05, 3.63) is 100 Å². The smallest absolute Gasteiger partial charge is 0.244 e. The molecule has 0 bridgehead atoms. The highest BCUT2D eigenvalue weighted by atomic mass is 35.5. The molecule has 3 aromatic carbocycles. The third-order valence-corrected chi connectivity index (χ3v) is 7.90. The van der Waals surface area contributed by atoms with Crippen molar-refractivity contribution in [1.29, 1.82) is 0 Å². The summed E-state index contributed by atoms with van der Waals surface area (Å²) in [5.74, 6) is -0.792. The van der Waals surface area contributed by atoms with Gasteiger partial charge in [0.05, 0.1) is 11.9 Å². The summed E-state index contributed by atoms with van der Waals surface area (Å²) in [7, 11) is -3.81. The van der Waals surface area contributed by atoms with E-state index in [0.29, 0.717) is 17.3 Å². The fourth-order valence-electron chi connectivity index (χ4n) is 4.25. The highest BCUT2D eigenvalue weighted by Crippen LogP contribution is 2.23. The first kappa shape index (κ1) is 30.2. The summed E-state index contributed by atoms with van der Waals surface area (Å²) >= 11 is 6.23. The number of anilines is 1. The van der Waals surface area contributed by atoms with Crippen LogP contribution in [0, 0.1) is 13.8 Å². The average Bonchev–Trinajstić information content (AvgIpc) is 2.89. The number of sulfonamides is 1. The molecule has 2 amide bonds. The quantitative estimate of drug-likeness (QED) is 0.336. The molecule has 1 N–H and O–H groups in total. The van der Waals surface area contributed by atoms with E-state index in [1.165, 1.54) is 4.90 Å². The van der Waals surface area contributed by atoms with Crippen LogP contribution in [0.15, 0.2) is 72.8 Å². The van der Waals surface area contributed by atoms with Gasteiger partial charge in [-0.3, -0.25) is 13.9 Å². The Morgan fingerprint density at radius 3 is 2.23 bits per heavy atom. The molecule has 0 heterocycles. The molecule has 0 aliphatic rings. The summed E-state index contributed by atoms with van der Waals surface area (Å²) in [5, 5.41) is 3.43. The van der Waals surface area contributed by atoms with Crippen LogP contribution >= 0.6 is 11.6 Å². The SMILES string of the molecule is CCCNC(=O)[C@@H](Cc1ccccc1)N(Cc1cccc(Cl)c1)C(=O)CN(c1ccc(C)c(C)c1)S(C)(=O)=O. The monoisotopic (exact) mass is 569 g/mol. The number of aryl methyl sites for hydroxylation is 2. The Labute approximate surface area is 236 Å². The van der Waals surface area contributed by atoms with Crippen molar-refractivity contribution in [2.45, 2.75) is 46.2 Å². The third-order valence-electron chi connectivity index (χ3n) is 6.52. The summed E-state index contributed by atoms with van der Waals surface area (Å²) in [4.78, 5) is 29.0. The van der Waals surface area contributed by atoms with Crippen molar-refractivity contribution in [3.63, 3.8) is 0 Å². The van der Waals surface area contributed by atoms with E-state index in [4.69, 9.17) is 11.6 Å². The van der Waals surface area contributed by atoms with Gasteiger partial charge in [0.25, 0.3) is 0 Å². The maximum Gasteiger partial charge on any atom is 0.244 e. The normalized spacial score (nSPS) is 12.0. The van der Waals surface area contributed by atoms with Crippen LogP contribution in [0.25, 0.3) is 0 Å². The van der Waals surface area contributed by atoms with E-state index in [2.05, 4.69) is 5.32 Å². The molecular formula is C30H36ClN3O4S. The van der Waals surface area contributed by atoms with Crippen LogP contribution in [0.2, 0.25) is 5.02 Å². The van der Waals surface area contributed by atoms with Crippen LogP contribution in [0.4, 0.5) is 5.69 Å². The first-order chi connectivity index (χ1) is 18.5. The predicted molar refractivity (Wildman–Crippen MR) is 157 cm³/mol. The van der Waals surface area contributed by atoms with Gasteiger partial charge in [0.1, 0.15) is 12.6 Å². The molecule has 0 aliphatic heterocycles.